The largest absolute Gasteiger partial charge is 0.451 e. The Morgan fingerprint density at radius 3 is 1.62 bits per heavy atom. The molecule has 13 nitrogen and oxygen atoms in total. The number of nitrogens with zero attached hydrogens (tertiary/aromatic N) is 3. The number of pyridine rings is 1. The minimum absolute atomic E-state index is 0.175. The maximum atomic E-state index is 12.1. The molecule has 3 aromatic rings. The highest BCUT2D eigenvalue weighted by atomic mass is 16.5. The molecular formula is C19H17N5O8. The van der Waals surface area contributed by atoms with Crippen molar-refractivity contribution in [2.24, 2.45) is 0 Å². The number of nitrogens with one attached hydrogen (secondary N) is 2. The first-order valence-electron chi connectivity index (χ1n) is 9.08. The van der Waals surface area contributed by atoms with Crippen LogP contribution in [0, 0.1) is 13.8 Å². The Labute approximate surface area is 180 Å². The van der Waals surface area contributed by atoms with Gasteiger partial charge in [-0.05, 0) is 26.0 Å². The lowest BCUT2D eigenvalue weighted by molar-refractivity contribution is -0.119. The van der Waals surface area contributed by atoms with Crippen molar-refractivity contribution < 1.29 is 37.7 Å². The van der Waals surface area contributed by atoms with E-state index in [1.54, 1.807) is 13.8 Å². The van der Waals surface area contributed by atoms with Crippen molar-refractivity contribution in [2.45, 2.75) is 13.8 Å². The number of esters is 2. The first kappa shape index (κ1) is 22.1. The van der Waals surface area contributed by atoms with Gasteiger partial charge in [0, 0.05) is 12.1 Å². The van der Waals surface area contributed by atoms with Gasteiger partial charge in [0.1, 0.15) is 22.9 Å². The van der Waals surface area contributed by atoms with E-state index in [0.717, 1.165) is 0 Å². The average Bonchev–Trinajstić information content (AvgIpc) is 3.37. The Hall–Kier alpha value is -4.55. The molecule has 0 saturated heterocycles. The summed E-state index contributed by atoms with van der Waals surface area (Å²) in [6.45, 7) is 2.08. The number of carbonyl (C=O) groups is 4. The molecule has 3 rings (SSSR count). The van der Waals surface area contributed by atoms with Crippen LogP contribution in [0.1, 0.15) is 32.5 Å². The van der Waals surface area contributed by atoms with Crippen LogP contribution in [-0.4, -0.2) is 52.3 Å². The Morgan fingerprint density at radius 1 is 0.812 bits per heavy atom. The van der Waals surface area contributed by atoms with Gasteiger partial charge in [-0.25, -0.2) is 14.6 Å². The second-order valence-corrected chi connectivity index (χ2v) is 6.30. The molecular weight excluding hydrogens is 426 g/mol. The summed E-state index contributed by atoms with van der Waals surface area (Å²) in [6, 6.07) is 6.93. The van der Waals surface area contributed by atoms with E-state index in [1.807, 2.05) is 0 Å². The molecule has 0 aliphatic heterocycles. The number of amides is 2. The van der Waals surface area contributed by atoms with E-state index in [0.29, 0.717) is 11.5 Å². The molecule has 13 heteroatoms. The molecule has 32 heavy (non-hydrogen) atoms. The number of anilines is 2. The van der Waals surface area contributed by atoms with Gasteiger partial charge in [-0.1, -0.05) is 16.4 Å². The molecule has 0 aliphatic rings. The number of aryl methyl sites for hydroxylation is 2. The van der Waals surface area contributed by atoms with E-state index < -0.39 is 37.0 Å². The van der Waals surface area contributed by atoms with Crippen LogP contribution in [0.5, 0.6) is 0 Å². The van der Waals surface area contributed by atoms with Crippen LogP contribution in [0.3, 0.4) is 0 Å². The summed E-state index contributed by atoms with van der Waals surface area (Å²) in [6.07, 6.45) is 0. The number of hydrogen-bond donors (Lipinski definition) is 2. The average molecular weight is 443 g/mol. The smallest absolute Gasteiger partial charge is 0.357 e. The van der Waals surface area contributed by atoms with Gasteiger partial charge in [0.15, 0.2) is 24.8 Å². The van der Waals surface area contributed by atoms with Crippen molar-refractivity contribution in [3.05, 3.63) is 53.2 Å². The van der Waals surface area contributed by atoms with Crippen molar-refractivity contribution in [1.29, 1.82) is 0 Å². The number of carbonyl (C=O) groups excluding carboxylic acids is 4. The number of rotatable bonds is 8. The third-order valence-electron chi connectivity index (χ3n) is 3.63. The summed E-state index contributed by atoms with van der Waals surface area (Å²) >= 11 is 0. The fourth-order valence-corrected chi connectivity index (χ4v) is 2.28. The van der Waals surface area contributed by atoms with Crippen LogP contribution in [0.4, 0.5) is 11.6 Å². The second-order valence-electron chi connectivity index (χ2n) is 6.30. The predicted molar refractivity (Wildman–Crippen MR) is 105 cm³/mol. The van der Waals surface area contributed by atoms with Gasteiger partial charge in [-0.3, -0.25) is 9.59 Å². The van der Waals surface area contributed by atoms with Gasteiger partial charge in [0.2, 0.25) is 0 Å². The van der Waals surface area contributed by atoms with Crippen LogP contribution < -0.4 is 10.6 Å². The van der Waals surface area contributed by atoms with Gasteiger partial charge in [0.05, 0.1) is 0 Å². The maximum Gasteiger partial charge on any atom is 0.357 e. The monoisotopic (exact) mass is 443 g/mol. The van der Waals surface area contributed by atoms with E-state index in [-0.39, 0.29) is 23.0 Å². The fourth-order valence-electron chi connectivity index (χ4n) is 2.28. The minimum atomic E-state index is -0.940. The lowest BCUT2D eigenvalue weighted by Crippen LogP contribution is -2.23. The van der Waals surface area contributed by atoms with Gasteiger partial charge >= 0.3 is 11.9 Å². The van der Waals surface area contributed by atoms with Crippen LogP contribution in [-0.2, 0) is 19.1 Å². The molecule has 0 bridgehead atoms. The van der Waals surface area contributed by atoms with E-state index in [1.165, 1.54) is 30.3 Å². The van der Waals surface area contributed by atoms with Gasteiger partial charge in [-0.15, -0.1) is 0 Å². The van der Waals surface area contributed by atoms with Gasteiger partial charge in [-0.2, -0.15) is 0 Å². The fraction of sp³-hybridized carbons (Fsp3) is 0.211. The van der Waals surface area contributed by atoms with Crippen molar-refractivity contribution >= 4 is 35.4 Å². The molecule has 2 amide bonds. The molecule has 0 aromatic carbocycles. The topological polar surface area (TPSA) is 176 Å². The summed E-state index contributed by atoms with van der Waals surface area (Å²) in [5.41, 5.74) is -0.459. The Kier molecular flexibility index (Phi) is 6.90. The van der Waals surface area contributed by atoms with Crippen molar-refractivity contribution in [1.82, 2.24) is 15.3 Å². The molecule has 0 fully saturated rings. The molecule has 3 aromatic heterocycles. The van der Waals surface area contributed by atoms with Gasteiger partial charge in [0.25, 0.3) is 11.8 Å². The summed E-state index contributed by atoms with van der Waals surface area (Å²) in [7, 11) is 0. The molecule has 2 N–H and O–H groups in total. The highest BCUT2D eigenvalue weighted by Gasteiger charge is 2.17. The minimum Gasteiger partial charge on any atom is -0.451 e. The molecule has 3 heterocycles. The van der Waals surface area contributed by atoms with E-state index in [9.17, 15) is 19.2 Å². The summed E-state index contributed by atoms with van der Waals surface area (Å²) < 4.78 is 19.3. The first-order valence-corrected chi connectivity index (χ1v) is 9.08. The van der Waals surface area contributed by atoms with Crippen LogP contribution >= 0.6 is 0 Å². The molecule has 0 spiro atoms. The highest BCUT2D eigenvalue weighted by molar-refractivity contribution is 5.96. The third-order valence-corrected chi connectivity index (χ3v) is 3.63. The zero-order valence-electron chi connectivity index (χ0n) is 16.9. The molecule has 0 atom stereocenters. The standard InChI is InChI=1S/C19H17N5O8/c1-10-6-14(23-31-10)21-16(25)8-29-18(27)12-4-3-5-13(20-12)19(28)30-9-17(26)22-15-7-11(2)32-24-15/h3-7H,8-9H2,1-2H3,(H,21,23,25)(H,22,24,26). The third kappa shape index (κ3) is 6.22. The molecule has 0 unspecified atom stereocenters. The van der Waals surface area contributed by atoms with Crippen molar-refractivity contribution in [3.8, 4) is 0 Å². The SMILES string of the molecule is Cc1cc(NC(=O)COC(=O)c2cccc(C(=O)OCC(=O)Nc3cc(C)on3)n2)no1. The Morgan fingerprint density at radius 2 is 1.25 bits per heavy atom. The number of ether oxygens (including phenoxy) is 2. The van der Waals surface area contributed by atoms with Crippen LogP contribution in [0.15, 0.2) is 39.4 Å². The summed E-state index contributed by atoms with van der Waals surface area (Å²) in [4.78, 5) is 51.7. The molecule has 0 aliphatic carbocycles. The zero-order chi connectivity index (χ0) is 23.1. The van der Waals surface area contributed by atoms with E-state index >= 15 is 0 Å². The first-order chi connectivity index (χ1) is 15.3. The summed E-state index contributed by atoms with van der Waals surface area (Å²) in [5.74, 6) is -1.82. The maximum absolute atomic E-state index is 12.1. The normalized spacial score (nSPS) is 10.3. The van der Waals surface area contributed by atoms with Crippen LogP contribution in [0.25, 0.3) is 0 Å². The molecule has 0 radical (unpaired) electrons. The van der Waals surface area contributed by atoms with Gasteiger partial charge < -0.3 is 29.2 Å². The quantitative estimate of drug-likeness (QED) is 0.479. The predicted octanol–water partition coefficient (Wildman–Crippen LogP) is 1.27. The summed E-state index contributed by atoms with van der Waals surface area (Å²) in [5, 5.41) is 11.9. The zero-order valence-corrected chi connectivity index (χ0v) is 16.9. The lowest BCUT2D eigenvalue weighted by Gasteiger charge is -2.06. The number of hydrogen-bond acceptors (Lipinski definition) is 11. The Balaban J connectivity index is 1.48. The van der Waals surface area contributed by atoms with E-state index in [2.05, 4.69) is 25.9 Å². The highest BCUT2D eigenvalue weighted by Crippen LogP contribution is 2.08. The van der Waals surface area contributed by atoms with Crippen molar-refractivity contribution in [2.75, 3.05) is 23.8 Å². The molecule has 166 valence electrons. The van der Waals surface area contributed by atoms with Crippen molar-refractivity contribution in [3.63, 3.8) is 0 Å². The molecule has 0 saturated carbocycles. The van der Waals surface area contributed by atoms with Crippen LogP contribution in [0.2, 0.25) is 0 Å². The van der Waals surface area contributed by atoms with E-state index in [4.69, 9.17) is 18.5 Å². The Bertz CT molecular complexity index is 1070. The lowest BCUT2D eigenvalue weighted by atomic mass is 10.3. The number of aromatic nitrogens is 3. The second kappa shape index (κ2) is 9.97.